The summed E-state index contributed by atoms with van der Waals surface area (Å²) in [5, 5.41) is 0. The third-order valence-corrected chi connectivity index (χ3v) is 4.01. The third kappa shape index (κ3) is 6.15. The van der Waals surface area contributed by atoms with Gasteiger partial charge in [0.15, 0.2) is 0 Å². The molecule has 0 saturated heterocycles. The van der Waals surface area contributed by atoms with Gasteiger partial charge in [0.05, 0.1) is 0 Å². The minimum absolute atomic E-state index is 1.02. The van der Waals surface area contributed by atoms with Crippen molar-refractivity contribution in [3.63, 3.8) is 0 Å². The summed E-state index contributed by atoms with van der Waals surface area (Å²) >= 11 is 0. The number of hydrogen-bond donors (Lipinski definition) is 0. The zero-order chi connectivity index (χ0) is 15.5. The van der Waals surface area contributed by atoms with Gasteiger partial charge in [0.2, 0.25) is 0 Å². The highest BCUT2D eigenvalue weighted by molar-refractivity contribution is 5.27. The molecule has 0 N–H and O–H groups in total. The van der Waals surface area contributed by atoms with E-state index in [0.717, 1.165) is 31.5 Å². The number of hydrogen-bond acceptors (Lipinski definition) is 2. The second-order valence-electron chi connectivity index (χ2n) is 6.07. The molecule has 0 unspecified atom stereocenters. The van der Waals surface area contributed by atoms with Gasteiger partial charge in [-0.15, -0.1) is 0 Å². The standard InChI is InChI=1S/C19H34N2/c1-5-9-13-16-17(14-10-6-2)20-19(12-8-4)21-18(16)15-11-7-3/h5-15H2,1-4H3. The molecule has 0 aliphatic carbocycles. The Hall–Kier alpha value is -0.920. The van der Waals surface area contributed by atoms with Crippen molar-refractivity contribution >= 4 is 0 Å². The number of aromatic nitrogens is 2. The molecule has 0 amide bonds. The molecule has 0 aliphatic heterocycles. The Morgan fingerprint density at radius 3 is 1.48 bits per heavy atom. The zero-order valence-electron chi connectivity index (χ0n) is 14.7. The molecule has 1 aromatic heterocycles. The summed E-state index contributed by atoms with van der Waals surface area (Å²) in [6.45, 7) is 9.01. The molecule has 0 bridgehead atoms. The minimum atomic E-state index is 1.02. The SMILES string of the molecule is CCCCc1nc(CCC)nc(CCCC)c1CCCC. The number of unbranched alkanes of at least 4 members (excludes halogenated alkanes) is 3. The van der Waals surface area contributed by atoms with Crippen molar-refractivity contribution in [2.75, 3.05) is 0 Å². The maximum Gasteiger partial charge on any atom is 0.128 e. The van der Waals surface area contributed by atoms with Gasteiger partial charge in [-0.05, 0) is 50.5 Å². The van der Waals surface area contributed by atoms with Gasteiger partial charge in [0.25, 0.3) is 0 Å². The molecule has 2 heteroatoms. The predicted molar refractivity (Wildman–Crippen MR) is 91.9 cm³/mol. The summed E-state index contributed by atoms with van der Waals surface area (Å²) in [5.74, 6) is 1.08. The monoisotopic (exact) mass is 290 g/mol. The van der Waals surface area contributed by atoms with Crippen LogP contribution in [0.1, 0.15) is 95.4 Å². The molecule has 0 spiro atoms. The Bertz CT molecular complexity index is 370. The van der Waals surface area contributed by atoms with E-state index in [1.165, 1.54) is 61.9 Å². The lowest BCUT2D eigenvalue weighted by molar-refractivity contribution is 0.682. The molecule has 120 valence electrons. The molecule has 1 rings (SSSR count). The Morgan fingerprint density at radius 2 is 1.05 bits per heavy atom. The van der Waals surface area contributed by atoms with Crippen LogP contribution in [0, 0.1) is 0 Å². The van der Waals surface area contributed by atoms with E-state index in [9.17, 15) is 0 Å². The fraction of sp³-hybridized carbons (Fsp3) is 0.789. The molecule has 2 nitrogen and oxygen atoms in total. The second kappa shape index (κ2) is 10.8. The van der Waals surface area contributed by atoms with Crippen LogP contribution < -0.4 is 0 Å². The van der Waals surface area contributed by atoms with Crippen LogP contribution in [-0.2, 0) is 25.7 Å². The quantitative estimate of drug-likeness (QED) is 0.541. The van der Waals surface area contributed by atoms with Crippen LogP contribution in [0.2, 0.25) is 0 Å². The summed E-state index contributed by atoms with van der Waals surface area (Å²) in [5.41, 5.74) is 4.20. The lowest BCUT2D eigenvalue weighted by atomic mass is 9.98. The summed E-state index contributed by atoms with van der Waals surface area (Å²) in [7, 11) is 0. The molecule has 0 saturated carbocycles. The molecule has 21 heavy (non-hydrogen) atoms. The predicted octanol–water partition coefficient (Wildman–Crippen LogP) is 5.46. The highest BCUT2D eigenvalue weighted by Crippen LogP contribution is 2.20. The van der Waals surface area contributed by atoms with E-state index < -0.39 is 0 Å². The fourth-order valence-electron chi connectivity index (χ4n) is 2.72. The van der Waals surface area contributed by atoms with Gasteiger partial charge in [0.1, 0.15) is 5.82 Å². The van der Waals surface area contributed by atoms with E-state index in [-0.39, 0.29) is 0 Å². The lowest BCUT2D eigenvalue weighted by Crippen LogP contribution is -2.11. The van der Waals surface area contributed by atoms with Crippen LogP contribution in [0.25, 0.3) is 0 Å². The van der Waals surface area contributed by atoms with Crippen molar-refractivity contribution in [2.24, 2.45) is 0 Å². The number of aryl methyl sites for hydroxylation is 3. The van der Waals surface area contributed by atoms with Crippen molar-refractivity contribution in [1.29, 1.82) is 0 Å². The molecule has 0 fully saturated rings. The molecule has 0 atom stereocenters. The Kier molecular flexibility index (Phi) is 9.29. The van der Waals surface area contributed by atoms with E-state index in [2.05, 4.69) is 27.7 Å². The Morgan fingerprint density at radius 1 is 0.571 bits per heavy atom. The maximum absolute atomic E-state index is 4.91. The van der Waals surface area contributed by atoms with Gasteiger partial charge in [-0.2, -0.15) is 0 Å². The largest absolute Gasteiger partial charge is 0.238 e. The van der Waals surface area contributed by atoms with E-state index in [1.54, 1.807) is 0 Å². The third-order valence-electron chi connectivity index (χ3n) is 4.01. The molecular formula is C19H34N2. The van der Waals surface area contributed by atoms with Gasteiger partial charge in [0, 0.05) is 17.8 Å². The van der Waals surface area contributed by atoms with Crippen molar-refractivity contribution in [3.05, 3.63) is 22.8 Å². The molecule has 1 aromatic rings. The Balaban J connectivity index is 3.09. The van der Waals surface area contributed by atoms with Gasteiger partial charge in [-0.3, -0.25) is 0 Å². The van der Waals surface area contributed by atoms with Crippen LogP contribution in [-0.4, -0.2) is 9.97 Å². The van der Waals surface area contributed by atoms with Crippen molar-refractivity contribution < 1.29 is 0 Å². The summed E-state index contributed by atoms with van der Waals surface area (Å²) < 4.78 is 0. The van der Waals surface area contributed by atoms with Gasteiger partial charge >= 0.3 is 0 Å². The van der Waals surface area contributed by atoms with Crippen LogP contribution in [0.15, 0.2) is 0 Å². The first-order valence-corrected chi connectivity index (χ1v) is 9.14. The number of nitrogens with zero attached hydrogens (tertiary/aromatic N) is 2. The zero-order valence-corrected chi connectivity index (χ0v) is 14.7. The Labute approximate surface area is 131 Å². The second-order valence-corrected chi connectivity index (χ2v) is 6.07. The average molecular weight is 290 g/mol. The summed E-state index contributed by atoms with van der Waals surface area (Å²) in [4.78, 5) is 9.82. The molecule has 0 aliphatic rings. The highest BCUT2D eigenvalue weighted by Gasteiger charge is 2.13. The molecular weight excluding hydrogens is 256 g/mol. The summed E-state index contributed by atoms with van der Waals surface area (Å²) in [6, 6.07) is 0. The topological polar surface area (TPSA) is 25.8 Å². The normalized spacial score (nSPS) is 11.0. The average Bonchev–Trinajstić information content (AvgIpc) is 2.49. The van der Waals surface area contributed by atoms with E-state index >= 15 is 0 Å². The van der Waals surface area contributed by atoms with E-state index in [0.29, 0.717) is 0 Å². The molecule has 0 aromatic carbocycles. The van der Waals surface area contributed by atoms with Crippen LogP contribution in [0.3, 0.4) is 0 Å². The minimum Gasteiger partial charge on any atom is -0.238 e. The van der Waals surface area contributed by atoms with Crippen LogP contribution >= 0.6 is 0 Å². The first-order valence-electron chi connectivity index (χ1n) is 9.14. The number of rotatable bonds is 11. The van der Waals surface area contributed by atoms with Crippen molar-refractivity contribution in [3.8, 4) is 0 Å². The molecule has 1 heterocycles. The first-order chi connectivity index (χ1) is 10.3. The smallest absolute Gasteiger partial charge is 0.128 e. The van der Waals surface area contributed by atoms with Crippen molar-refractivity contribution in [1.82, 2.24) is 9.97 Å². The lowest BCUT2D eigenvalue weighted by Gasteiger charge is -2.15. The van der Waals surface area contributed by atoms with Crippen LogP contribution in [0.4, 0.5) is 0 Å². The van der Waals surface area contributed by atoms with E-state index in [1.807, 2.05) is 0 Å². The van der Waals surface area contributed by atoms with Crippen LogP contribution in [0.5, 0.6) is 0 Å². The van der Waals surface area contributed by atoms with Gasteiger partial charge < -0.3 is 0 Å². The van der Waals surface area contributed by atoms with Gasteiger partial charge in [-0.1, -0.05) is 47.0 Å². The fourth-order valence-corrected chi connectivity index (χ4v) is 2.72. The highest BCUT2D eigenvalue weighted by atomic mass is 14.9. The first kappa shape index (κ1) is 18.1. The van der Waals surface area contributed by atoms with Crippen molar-refractivity contribution in [2.45, 2.75) is 98.3 Å². The van der Waals surface area contributed by atoms with Gasteiger partial charge in [-0.25, -0.2) is 9.97 Å². The van der Waals surface area contributed by atoms with E-state index in [4.69, 9.17) is 9.97 Å². The maximum atomic E-state index is 4.91. The summed E-state index contributed by atoms with van der Waals surface area (Å²) in [6.07, 6.45) is 13.1. The molecule has 0 radical (unpaired) electrons.